The molecular weight excluding hydrogens is 440 g/mol. The molecule has 0 unspecified atom stereocenters. The first kappa shape index (κ1) is 21.5. The molecule has 0 aliphatic carbocycles. The fourth-order valence-corrected chi connectivity index (χ4v) is 3.26. The fourth-order valence-electron chi connectivity index (χ4n) is 3.17. The highest BCUT2D eigenvalue weighted by molar-refractivity contribution is 6.20. The van der Waals surface area contributed by atoms with Gasteiger partial charge in [-0.05, 0) is 36.4 Å². The molecule has 1 heterocycles. The van der Waals surface area contributed by atoms with Gasteiger partial charge >= 0.3 is 11.5 Å². The van der Waals surface area contributed by atoms with Crippen LogP contribution in [0.3, 0.4) is 0 Å². The Hall–Kier alpha value is -3.78. The normalized spacial score (nSPS) is 11.2. The van der Waals surface area contributed by atoms with Crippen LogP contribution in [0, 0.1) is 0 Å². The Bertz CT molecular complexity index is 1260. The molecule has 0 saturated carbocycles. The number of esters is 1. The Labute approximate surface area is 186 Å². The first-order chi connectivity index (χ1) is 15.3. The van der Waals surface area contributed by atoms with E-state index in [1.54, 1.807) is 36.4 Å². The van der Waals surface area contributed by atoms with E-state index >= 15 is 0 Å². The number of anilines is 2. The molecule has 0 spiro atoms. The Balaban J connectivity index is 1.65. The molecule has 0 radical (unpaired) electrons. The third-order valence-electron chi connectivity index (χ3n) is 4.62. The molecule has 0 fully saturated rings. The van der Waals surface area contributed by atoms with Crippen LogP contribution >= 0.6 is 11.6 Å². The first-order valence-corrected chi connectivity index (χ1v) is 9.79. The van der Waals surface area contributed by atoms with Gasteiger partial charge in [-0.3, -0.25) is 0 Å². The van der Waals surface area contributed by atoms with Crippen molar-refractivity contribution in [1.82, 2.24) is 10.2 Å². The number of hydrogen-bond donors (Lipinski definition) is 1. The second-order valence-corrected chi connectivity index (χ2v) is 7.15. The van der Waals surface area contributed by atoms with E-state index in [1.807, 2.05) is 24.3 Å². The largest absolute Gasteiger partial charge is 0.487 e. The SMILES string of the molecule is COC(=O)c1ccc(-c2nnc(Nc3ccc(OC(F)(F)Cl)cc3)c3ccccc23)cc1. The van der Waals surface area contributed by atoms with Crippen LogP contribution in [0.15, 0.2) is 72.8 Å². The topological polar surface area (TPSA) is 73.3 Å². The van der Waals surface area contributed by atoms with Gasteiger partial charge in [0.25, 0.3) is 0 Å². The molecule has 0 amide bonds. The summed E-state index contributed by atoms with van der Waals surface area (Å²) in [5.41, 5.74) is -1.30. The van der Waals surface area contributed by atoms with E-state index in [4.69, 9.17) is 16.3 Å². The van der Waals surface area contributed by atoms with E-state index in [2.05, 4.69) is 20.3 Å². The number of benzene rings is 3. The summed E-state index contributed by atoms with van der Waals surface area (Å²) in [5, 5.41) is 13.5. The zero-order valence-corrected chi connectivity index (χ0v) is 17.4. The maximum absolute atomic E-state index is 12.8. The van der Waals surface area contributed by atoms with Gasteiger partial charge in [-0.15, -0.1) is 19.0 Å². The van der Waals surface area contributed by atoms with Crippen LogP contribution in [-0.4, -0.2) is 28.8 Å². The summed E-state index contributed by atoms with van der Waals surface area (Å²) in [4.78, 5) is 11.7. The van der Waals surface area contributed by atoms with Crippen molar-refractivity contribution >= 4 is 39.8 Å². The van der Waals surface area contributed by atoms with E-state index < -0.39 is 11.5 Å². The molecule has 3 aromatic carbocycles. The van der Waals surface area contributed by atoms with Crippen molar-refractivity contribution in [2.75, 3.05) is 12.4 Å². The van der Waals surface area contributed by atoms with Crippen molar-refractivity contribution in [2.24, 2.45) is 0 Å². The van der Waals surface area contributed by atoms with Gasteiger partial charge in [-0.2, -0.15) is 0 Å². The number of nitrogens with one attached hydrogen (secondary N) is 1. The molecule has 4 aromatic rings. The number of carbonyl (C=O) groups is 1. The summed E-state index contributed by atoms with van der Waals surface area (Å²) in [6, 6.07) is 20.3. The summed E-state index contributed by atoms with van der Waals surface area (Å²) in [6.45, 7) is 0. The fraction of sp³-hybridized carbons (Fsp3) is 0.0870. The zero-order chi connectivity index (χ0) is 22.7. The zero-order valence-electron chi connectivity index (χ0n) is 16.7. The molecule has 162 valence electrons. The summed E-state index contributed by atoms with van der Waals surface area (Å²) < 4.78 is 34.6. The Morgan fingerprint density at radius 3 is 2.22 bits per heavy atom. The lowest BCUT2D eigenvalue weighted by Crippen LogP contribution is -2.15. The van der Waals surface area contributed by atoms with Crippen molar-refractivity contribution < 1.29 is 23.0 Å². The third kappa shape index (κ3) is 4.76. The van der Waals surface area contributed by atoms with Crippen LogP contribution in [0.5, 0.6) is 5.75 Å². The number of ether oxygens (including phenoxy) is 2. The molecular formula is C23H16ClF2N3O3. The lowest BCUT2D eigenvalue weighted by molar-refractivity contribution is -0.0964. The number of fused-ring (bicyclic) bond motifs is 1. The van der Waals surface area contributed by atoms with Gasteiger partial charge in [0.2, 0.25) is 0 Å². The summed E-state index contributed by atoms with van der Waals surface area (Å²) >= 11 is 4.79. The molecule has 0 bridgehead atoms. The molecule has 1 N–H and O–H groups in total. The minimum atomic E-state index is -3.78. The summed E-state index contributed by atoms with van der Waals surface area (Å²) in [6.07, 6.45) is 0. The van der Waals surface area contributed by atoms with Gasteiger partial charge in [-0.1, -0.05) is 36.4 Å². The molecule has 0 aliphatic heterocycles. The predicted octanol–water partition coefficient (Wildman–Crippen LogP) is 5.99. The average Bonchev–Trinajstić information content (AvgIpc) is 2.79. The highest BCUT2D eigenvalue weighted by Gasteiger charge is 2.27. The number of aromatic nitrogens is 2. The van der Waals surface area contributed by atoms with Gasteiger partial charge < -0.3 is 14.8 Å². The van der Waals surface area contributed by atoms with Gasteiger partial charge in [0, 0.05) is 33.6 Å². The summed E-state index contributed by atoms with van der Waals surface area (Å²) in [5.74, 6) is 0.00217. The molecule has 0 saturated heterocycles. The molecule has 9 heteroatoms. The van der Waals surface area contributed by atoms with Gasteiger partial charge in [0.1, 0.15) is 11.4 Å². The number of nitrogens with zero attached hydrogens (tertiary/aromatic N) is 2. The molecule has 1 aromatic heterocycles. The Kier molecular flexibility index (Phi) is 5.87. The van der Waals surface area contributed by atoms with Crippen LogP contribution in [0.2, 0.25) is 0 Å². The smallest absolute Gasteiger partial charge is 0.465 e. The van der Waals surface area contributed by atoms with Crippen molar-refractivity contribution in [3.63, 3.8) is 0 Å². The maximum Gasteiger partial charge on any atom is 0.487 e. The molecule has 32 heavy (non-hydrogen) atoms. The van der Waals surface area contributed by atoms with Crippen LogP contribution in [0.25, 0.3) is 22.0 Å². The molecule has 0 atom stereocenters. The minimum absolute atomic E-state index is 0.0720. The quantitative estimate of drug-likeness (QED) is 0.284. The highest BCUT2D eigenvalue weighted by Crippen LogP contribution is 2.32. The van der Waals surface area contributed by atoms with Crippen LogP contribution in [0.4, 0.5) is 20.3 Å². The average molecular weight is 456 g/mol. The Morgan fingerprint density at radius 1 is 0.938 bits per heavy atom. The number of alkyl halides is 3. The van der Waals surface area contributed by atoms with Crippen LogP contribution in [0.1, 0.15) is 10.4 Å². The van der Waals surface area contributed by atoms with E-state index in [1.165, 1.54) is 19.2 Å². The summed E-state index contributed by atoms with van der Waals surface area (Å²) in [7, 11) is 1.33. The van der Waals surface area contributed by atoms with Gasteiger partial charge in [-0.25, -0.2) is 4.79 Å². The second kappa shape index (κ2) is 8.76. The number of methoxy groups -OCH3 is 1. The molecule has 6 nitrogen and oxygen atoms in total. The number of rotatable bonds is 6. The van der Waals surface area contributed by atoms with Gasteiger partial charge in [0.05, 0.1) is 12.7 Å². The number of hydrogen-bond acceptors (Lipinski definition) is 6. The predicted molar refractivity (Wildman–Crippen MR) is 117 cm³/mol. The number of carbonyl (C=O) groups excluding carboxylic acids is 1. The van der Waals surface area contributed by atoms with Crippen molar-refractivity contribution in [3.05, 3.63) is 78.4 Å². The van der Waals surface area contributed by atoms with Crippen LogP contribution in [-0.2, 0) is 4.74 Å². The van der Waals surface area contributed by atoms with Crippen molar-refractivity contribution in [1.29, 1.82) is 0 Å². The molecule has 4 rings (SSSR count). The maximum atomic E-state index is 12.8. The highest BCUT2D eigenvalue weighted by atomic mass is 35.5. The second-order valence-electron chi connectivity index (χ2n) is 6.71. The third-order valence-corrected chi connectivity index (χ3v) is 4.69. The first-order valence-electron chi connectivity index (χ1n) is 9.41. The van der Waals surface area contributed by atoms with E-state index in [9.17, 15) is 13.6 Å². The molecule has 0 aliphatic rings. The van der Waals surface area contributed by atoms with Crippen molar-refractivity contribution in [3.8, 4) is 17.0 Å². The Morgan fingerprint density at radius 2 is 1.59 bits per heavy atom. The van der Waals surface area contributed by atoms with E-state index in [0.29, 0.717) is 22.8 Å². The van der Waals surface area contributed by atoms with E-state index in [0.717, 1.165) is 16.3 Å². The standard InChI is InChI=1S/C23H16ClF2N3O3/c1-31-22(30)15-8-6-14(7-9-15)20-18-4-2-3-5-19(18)21(29-28-20)27-16-10-12-17(13-11-16)32-23(24,25)26/h2-13H,1H3,(H,27,29). The van der Waals surface area contributed by atoms with Crippen molar-refractivity contribution in [2.45, 2.75) is 5.57 Å². The lowest BCUT2D eigenvalue weighted by atomic mass is 10.0. The van der Waals surface area contributed by atoms with E-state index in [-0.39, 0.29) is 5.75 Å². The minimum Gasteiger partial charge on any atom is -0.465 e. The monoisotopic (exact) mass is 455 g/mol. The lowest BCUT2D eigenvalue weighted by Gasteiger charge is -2.13. The van der Waals surface area contributed by atoms with Gasteiger partial charge in [0.15, 0.2) is 5.82 Å². The van der Waals surface area contributed by atoms with Crippen LogP contribution < -0.4 is 10.1 Å². The number of halogens is 3.